The maximum atomic E-state index is 13.0. The number of carboxylic acids is 1. The number of nitrogens with zero attached hydrogens (tertiary/aromatic N) is 1. The van der Waals surface area contributed by atoms with Crippen molar-refractivity contribution in [3.05, 3.63) is 41.7 Å². The minimum atomic E-state index is -0.887. The SMILES string of the molecule is C[C@@]1(C(=O)O)CCN(C(=O)/C=C/c2cccc(F)c2)C1. The van der Waals surface area contributed by atoms with Gasteiger partial charge in [-0.25, -0.2) is 4.39 Å². The van der Waals surface area contributed by atoms with Crippen LogP contribution in [0, 0.1) is 11.2 Å². The number of benzene rings is 1. The van der Waals surface area contributed by atoms with Gasteiger partial charge in [-0.3, -0.25) is 9.59 Å². The predicted molar refractivity (Wildman–Crippen MR) is 72.4 cm³/mol. The highest BCUT2D eigenvalue weighted by molar-refractivity contribution is 5.92. The average Bonchev–Trinajstić information content (AvgIpc) is 2.80. The van der Waals surface area contributed by atoms with E-state index in [1.807, 2.05) is 0 Å². The lowest BCUT2D eigenvalue weighted by molar-refractivity contribution is -0.147. The molecule has 1 heterocycles. The van der Waals surface area contributed by atoms with Crippen molar-refractivity contribution in [2.75, 3.05) is 13.1 Å². The smallest absolute Gasteiger partial charge is 0.311 e. The molecule has 5 heteroatoms. The van der Waals surface area contributed by atoms with E-state index in [9.17, 15) is 14.0 Å². The van der Waals surface area contributed by atoms with Gasteiger partial charge in [0.25, 0.3) is 0 Å². The van der Waals surface area contributed by atoms with Crippen LogP contribution in [0.25, 0.3) is 6.08 Å². The van der Waals surface area contributed by atoms with Crippen LogP contribution in [0.4, 0.5) is 4.39 Å². The Hall–Kier alpha value is -2.17. The Balaban J connectivity index is 2.01. The van der Waals surface area contributed by atoms with Gasteiger partial charge in [0.15, 0.2) is 0 Å². The maximum absolute atomic E-state index is 13.0. The Bertz CT molecular complexity index is 570. The molecule has 0 unspecified atom stereocenters. The molecule has 0 radical (unpaired) electrons. The lowest BCUT2D eigenvalue weighted by atomic mass is 9.90. The molecule has 1 aromatic carbocycles. The lowest BCUT2D eigenvalue weighted by Crippen LogP contribution is -2.34. The number of carbonyl (C=O) groups excluding carboxylic acids is 1. The average molecular weight is 277 g/mol. The second-order valence-electron chi connectivity index (χ2n) is 5.26. The third kappa shape index (κ3) is 3.04. The number of carbonyl (C=O) groups is 2. The van der Waals surface area contributed by atoms with Crippen LogP contribution in [0.15, 0.2) is 30.3 Å². The summed E-state index contributed by atoms with van der Waals surface area (Å²) >= 11 is 0. The van der Waals surface area contributed by atoms with E-state index in [0.29, 0.717) is 18.5 Å². The Labute approximate surface area is 116 Å². The van der Waals surface area contributed by atoms with Gasteiger partial charge in [-0.05, 0) is 37.1 Å². The molecule has 106 valence electrons. The summed E-state index contributed by atoms with van der Waals surface area (Å²) < 4.78 is 13.0. The zero-order valence-corrected chi connectivity index (χ0v) is 11.2. The van der Waals surface area contributed by atoms with E-state index >= 15 is 0 Å². The van der Waals surface area contributed by atoms with Gasteiger partial charge in [0.2, 0.25) is 5.91 Å². The number of amides is 1. The first-order chi connectivity index (χ1) is 9.40. The molecule has 20 heavy (non-hydrogen) atoms. The van der Waals surface area contributed by atoms with E-state index < -0.39 is 11.4 Å². The lowest BCUT2D eigenvalue weighted by Gasteiger charge is -2.18. The molecule has 1 fully saturated rings. The van der Waals surface area contributed by atoms with Crippen LogP contribution in [0.5, 0.6) is 0 Å². The summed E-state index contributed by atoms with van der Waals surface area (Å²) in [6, 6.07) is 5.92. The largest absolute Gasteiger partial charge is 0.481 e. The number of likely N-dealkylation sites (tertiary alicyclic amines) is 1. The van der Waals surface area contributed by atoms with Crippen molar-refractivity contribution in [1.29, 1.82) is 0 Å². The summed E-state index contributed by atoms with van der Waals surface area (Å²) in [4.78, 5) is 24.6. The van der Waals surface area contributed by atoms with Crippen LogP contribution < -0.4 is 0 Å². The van der Waals surface area contributed by atoms with E-state index in [2.05, 4.69) is 0 Å². The molecule has 0 saturated carbocycles. The van der Waals surface area contributed by atoms with E-state index in [-0.39, 0.29) is 18.3 Å². The number of carboxylic acid groups (broad SMARTS) is 1. The quantitative estimate of drug-likeness (QED) is 0.861. The van der Waals surface area contributed by atoms with Crippen LogP contribution in [0.1, 0.15) is 18.9 Å². The maximum Gasteiger partial charge on any atom is 0.311 e. The third-order valence-electron chi connectivity index (χ3n) is 3.57. The van der Waals surface area contributed by atoms with Crippen molar-refractivity contribution in [3.63, 3.8) is 0 Å². The highest BCUT2D eigenvalue weighted by atomic mass is 19.1. The summed E-state index contributed by atoms with van der Waals surface area (Å²) in [6.45, 7) is 2.27. The summed E-state index contributed by atoms with van der Waals surface area (Å²) in [7, 11) is 0. The zero-order chi connectivity index (χ0) is 14.8. The van der Waals surface area contributed by atoms with Crippen molar-refractivity contribution in [2.45, 2.75) is 13.3 Å². The van der Waals surface area contributed by atoms with Crippen molar-refractivity contribution in [2.24, 2.45) is 5.41 Å². The molecule has 1 atom stereocenters. The predicted octanol–water partition coefficient (Wildman–Crippen LogP) is 2.16. The first-order valence-corrected chi connectivity index (χ1v) is 6.37. The van der Waals surface area contributed by atoms with Crippen molar-refractivity contribution in [3.8, 4) is 0 Å². The third-order valence-corrected chi connectivity index (χ3v) is 3.57. The van der Waals surface area contributed by atoms with Crippen molar-refractivity contribution in [1.82, 2.24) is 4.90 Å². The fourth-order valence-electron chi connectivity index (χ4n) is 2.21. The summed E-state index contributed by atoms with van der Waals surface area (Å²) in [5, 5.41) is 9.11. The summed E-state index contributed by atoms with van der Waals surface area (Å²) in [5.74, 6) is -1.50. The molecular formula is C15H16FNO3. The molecular weight excluding hydrogens is 261 g/mol. The van der Waals surface area contributed by atoms with Crippen LogP contribution >= 0.6 is 0 Å². The molecule has 1 saturated heterocycles. The van der Waals surface area contributed by atoms with Gasteiger partial charge >= 0.3 is 5.97 Å². The molecule has 0 aliphatic carbocycles. The Kier molecular flexibility index (Phi) is 3.88. The van der Waals surface area contributed by atoms with E-state index in [0.717, 1.165) is 0 Å². The Morgan fingerprint density at radius 1 is 1.45 bits per heavy atom. The zero-order valence-electron chi connectivity index (χ0n) is 11.2. The molecule has 1 aliphatic heterocycles. The summed E-state index contributed by atoms with van der Waals surface area (Å²) in [5.41, 5.74) is -0.277. The molecule has 1 aliphatic rings. The second-order valence-corrected chi connectivity index (χ2v) is 5.26. The molecule has 4 nitrogen and oxygen atoms in total. The molecule has 1 N–H and O–H groups in total. The highest BCUT2D eigenvalue weighted by Gasteiger charge is 2.41. The molecule has 0 aromatic heterocycles. The number of aliphatic carboxylic acids is 1. The first kappa shape index (κ1) is 14.2. The molecule has 1 aromatic rings. The topological polar surface area (TPSA) is 57.6 Å². The van der Waals surface area contributed by atoms with Gasteiger partial charge in [0.1, 0.15) is 5.82 Å². The van der Waals surface area contributed by atoms with Gasteiger partial charge < -0.3 is 10.0 Å². The van der Waals surface area contributed by atoms with E-state index in [1.165, 1.54) is 29.2 Å². The second kappa shape index (κ2) is 5.45. The van der Waals surface area contributed by atoms with E-state index in [1.54, 1.807) is 19.1 Å². The molecule has 0 spiro atoms. The summed E-state index contributed by atoms with van der Waals surface area (Å²) in [6.07, 6.45) is 3.33. The normalized spacial score (nSPS) is 22.4. The fourth-order valence-corrected chi connectivity index (χ4v) is 2.21. The van der Waals surface area contributed by atoms with Crippen LogP contribution in [0.3, 0.4) is 0 Å². The first-order valence-electron chi connectivity index (χ1n) is 6.37. The minimum Gasteiger partial charge on any atom is -0.481 e. The van der Waals surface area contributed by atoms with E-state index in [4.69, 9.17) is 5.11 Å². The van der Waals surface area contributed by atoms with Gasteiger partial charge in [-0.15, -0.1) is 0 Å². The monoisotopic (exact) mass is 277 g/mol. The minimum absolute atomic E-state index is 0.203. The van der Waals surface area contributed by atoms with Crippen LogP contribution in [0.2, 0.25) is 0 Å². The fraction of sp³-hybridized carbons (Fsp3) is 0.333. The Morgan fingerprint density at radius 2 is 2.20 bits per heavy atom. The number of hydrogen-bond donors (Lipinski definition) is 1. The van der Waals surface area contributed by atoms with Crippen LogP contribution in [-0.4, -0.2) is 35.0 Å². The van der Waals surface area contributed by atoms with Crippen molar-refractivity contribution < 1.29 is 19.1 Å². The number of rotatable bonds is 3. The highest BCUT2D eigenvalue weighted by Crippen LogP contribution is 2.30. The number of hydrogen-bond acceptors (Lipinski definition) is 2. The molecule has 0 bridgehead atoms. The van der Waals surface area contributed by atoms with Gasteiger partial charge in [0, 0.05) is 19.2 Å². The Morgan fingerprint density at radius 3 is 2.80 bits per heavy atom. The number of halogens is 1. The molecule has 1 amide bonds. The van der Waals surface area contributed by atoms with Crippen LogP contribution in [-0.2, 0) is 9.59 Å². The van der Waals surface area contributed by atoms with Gasteiger partial charge in [0.05, 0.1) is 5.41 Å². The van der Waals surface area contributed by atoms with Gasteiger partial charge in [-0.1, -0.05) is 12.1 Å². The van der Waals surface area contributed by atoms with Crippen molar-refractivity contribution >= 4 is 18.0 Å². The molecule has 2 rings (SSSR count). The van der Waals surface area contributed by atoms with Gasteiger partial charge in [-0.2, -0.15) is 0 Å². The standard InChI is InChI=1S/C15H16FNO3/c1-15(14(19)20)7-8-17(10-15)13(18)6-5-11-3-2-4-12(16)9-11/h2-6,9H,7-8,10H2,1H3,(H,19,20)/b6-5+/t15-/m1/s1.